The minimum Gasteiger partial charge on any atom is -0.351 e. The van der Waals surface area contributed by atoms with Crippen LogP contribution in [0.4, 0.5) is 0 Å². The first-order valence-electron chi connectivity index (χ1n) is 10.3. The number of rotatable bonds is 7. The van der Waals surface area contributed by atoms with Gasteiger partial charge in [-0.15, -0.1) is 11.3 Å². The number of hydrogen-bond donors (Lipinski definition) is 1. The number of halogens is 1. The van der Waals surface area contributed by atoms with Crippen molar-refractivity contribution in [3.63, 3.8) is 0 Å². The van der Waals surface area contributed by atoms with Gasteiger partial charge in [-0.1, -0.05) is 29.8 Å². The van der Waals surface area contributed by atoms with Crippen LogP contribution < -0.4 is 10.1 Å². The smallest absolute Gasteiger partial charge is 0.279 e. The predicted octanol–water partition coefficient (Wildman–Crippen LogP) is 3.90. The maximum atomic E-state index is 12.7. The van der Waals surface area contributed by atoms with E-state index in [0.29, 0.717) is 34.0 Å². The fourth-order valence-corrected chi connectivity index (χ4v) is 4.29. The quantitative estimate of drug-likeness (QED) is 0.569. The van der Waals surface area contributed by atoms with E-state index in [9.17, 15) is 9.59 Å². The molecule has 0 spiro atoms. The lowest BCUT2D eigenvalue weighted by Gasteiger charge is -2.11. The molecule has 2 amide bonds. The van der Waals surface area contributed by atoms with E-state index in [1.165, 1.54) is 11.3 Å². The molecule has 1 heterocycles. The van der Waals surface area contributed by atoms with E-state index in [2.05, 4.69) is 10.3 Å². The van der Waals surface area contributed by atoms with Crippen molar-refractivity contribution in [3.8, 4) is 0 Å². The molecule has 1 N–H and O–H groups in total. The van der Waals surface area contributed by atoms with Gasteiger partial charge in [0.25, 0.3) is 11.8 Å². The first-order chi connectivity index (χ1) is 15.2. The molecule has 6 nitrogen and oxygen atoms in total. The second-order valence-corrected chi connectivity index (χ2v) is 9.42. The summed E-state index contributed by atoms with van der Waals surface area (Å²) in [5, 5.41) is 3.44. The Balaban J connectivity index is 1.85. The van der Waals surface area contributed by atoms with Gasteiger partial charge in [0, 0.05) is 39.8 Å². The Morgan fingerprint density at radius 2 is 1.81 bits per heavy atom. The lowest BCUT2D eigenvalue weighted by molar-refractivity contribution is 0.0949. The number of nitrogens with zero attached hydrogens (tertiary/aromatic N) is 3. The number of amides is 2. The fourth-order valence-electron chi connectivity index (χ4n) is 3.13. The van der Waals surface area contributed by atoms with Gasteiger partial charge >= 0.3 is 0 Å². The lowest BCUT2D eigenvalue weighted by Crippen LogP contribution is -2.31. The van der Waals surface area contributed by atoms with E-state index in [0.717, 1.165) is 22.7 Å². The zero-order valence-corrected chi connectivity index (χ0v) is 20.3. The topological polar surface area (TPSA) is 66.7 Å². The summed E-state index contributed by atoms with van der Waals surface area (Å²) in [5.74, 6) is -0.436. The monoisotopic (exact) mass is 470 g/mol. The number of aryl methyl sites for hydroxylation is 1. The van der Waals surface area contributed by atoms with Crippen LogP contribution >= 0.6 is 22.9 Å². The van der Waals surface area contributed by atoms with Gasteiger partial charge < -0.3 is 14.8 Å². The number of thiazole rings is 1. The first-order valence-corrected chi connectivity index (χ1v) is 11.5. The predicted molar refractivity (Wildman–Crippen MR) is 130 cm³/mol. The summed E-state index contributed by atoms with van der Waals surface area (Å²) < 4.78 is 2.01. The number of hydrogen-bond acceptors (Lipinski definition) is 4. The first kappa shape index (κ1) is 23.9. The summed E-state index contributed by atoms with van der Waals surface area (Å²) in [6.45, 7) is 5.89. The van der Waals surface area contributed by atoms with Crippen molar-refractivity contribution in [1.29, 1.82) is 0 Å². The molecule has 32 heavy (non-hydrogen) atoms. The average Bonchev–Trinajstić information content (AvgIpc) is 3.01. The molecule has 0 saturated heterocycles. The number of nitrogens with one attached hydrogen (secondary N) is 1. The second kappa shape index (κ2) is 10.7. The third-order valence-corrected chi connectivity index (χ3v) is 6.36. The van der Waals surface area contributed by atoms with E-state index in [1.807, 2.05) is 55.6 Å². The SMILES string of the molecule is Cc1sc(=NC(=O)c2cccc(Cl)c2)n(Cc2cccc(C(=O)NCCN(C)C)c2)c1C. The maximum Gasteiger partial charge on any atom is 0.279 e. The average molecular weight is 471 g/mol. The van der Waals surface area contributed by atoms with Crippen molar-refractivity contribution in [3.05, 3.63) is 85.6 Å². The largest absolute Gasteiger partial charge is 0.351 e. The zero-order valence-electron chi connectivity index (χ0n) is 18.7. The van der Waals surface area contributed by atoms with E-state index in [4.69, 9.17) is 11.6 Å². The molecule has 0 atom stereocenters. The van der Waals surface area contributed by atoms with Crippen LogP contribution in [0.1, 0.15) is 36.9 Å². The highest BCUT2D eigenvalue weighted by Gasteiger charge is 2.12. The molecule has 168 valence electrons. The third kappa shape index (κ3) is 6.16. The minimum atomic E-state index is -0.337. The molecule has 3 aromatic rings. The summed E-state index contributed by atoms with van der Waals surface area (Å²) in [6.07, 6.45) is 0. The number of carbonyl (C=O) groups excluding carboxylic acids is 2. The van der Waals surface area contributed by atoms with Crippen molar-refractivity contribution < 1.29 is 9.59 Å². The van der Waals surface area contributed by atoms with Gasteiger partial charge in [0.1, 0.15) is 0 Å². The normalized spacial score (nSPS) is 11.8. The van der Waals surface area contributed by atoms with E-state index < -0.39 is 0 Å². The highest BCUT2D eigenvalue weighted by Crippen LogP contribution is 2.15. The van der Waals surface area contributed by atoms with Crippen LogP contribution in [0.3, 0.4) is 0 Å². The minimum absolute atomic E-state index is 0.0991. The van der Waals surface area contributed by atoms with Gasteiger partial charge in [0.05, 0.1) is 6.54 Å². The third-order valence-electron chi connectivity index (χ3n) is 5.03. The lowest BCUT2D eigenvalue weighted by atomic mass is 10.1. The fraction of sp³-hybridized carbons (Fsp3) is 0.292. The molecule has 0 fully saturated rings. The van der Waals surface area contributed by atoms with Gasteiger partial charge in [0.2, 0.25) is 0 Å². The highest BCUT2D eigenvalue weighted by molar-refractivity contribution is 7.09. The van der Waals surface area contributed by atoms with Crippen LogP contribution in [0.5, 0.6) is 0 Å². The molecule has 0 aliphatic carbocycles. The highest BCUT2D eigenvalue weighted by atomic mass is 35.5. The van der Waals surface area contributed by atoms with Crippen molar-refractivity contribution >= 4 is 34.8 Å². The van der Waals surface area contributed by atoms with Gasteiger partial charge in [-0.25, -0.2) is 0 Å². The number of carbonyl (C=O) groups is 2. The summed E-state index contributed by atoms with van der Waals surface area (Å²) in [6, 6.07) is 14.3. The van der Waals surface area contributed by atoms with Gasteiger partial charge in [-0.3, -0.25) is 9.59 Å². The number of benzene rings is 2. The summed E-state index contributed by atoms with van der Waals surface area (Å²) >= 11 is 7.49. The number of likely N-dealkylation sites (N-methyl/N-ethyl adjacent to an activating group) is 1. The van der Waals surface area contributed by atoms with Crippen LogP contribution in [0.2, 0.25) is 5.02 Å². The summed E-state index contributed by atoms with van der Waals surface area (Å²) in [5.41, 5.74) is 3.06. The van der Waals surface area contributed by atoms with Gasteiger partial charge in [-0.2, -0.15) is 4.99 Å². The Kier molecular flexibility index (Phi) is 8.01. The van der Waals surface area contributed by atoms with Crippen LogP contribution in [0.25, 0.3) is 0 Å². The Morgan fingerprint density at radius 1 is 1.09 bits per heavy atom. The molecule has 0 radical (unpaired) electrons. The standard InChI is InChI=1S/C24H27ClN4O2S/c1-16-17(2)32-24(27-23(31)20-9-6-10-21(25)14-20)29(16)15-18-7-5-8-19(13-18)22(30)26-11-12-28(3)4/h5-10,13-14H,11-12,15H2,1-4H3,(H,26,30). The molecule has 2 aromatic carbocycles. The molecule has 3 rings (SSSR count). The molecule has 0 bridgehead atoms. The van der Waals surface area contributed by atoms with Crippen LogP contribution in [0, 0.1) is 13.8 Å². The summed E-state index contributed by atoms with van der Waals surface area (Å²) in [4.78, 5) is 33.3. The van der Waals surface area contributed by atoms with Crippen LogP contribution in [0.15, 0.2) is 53.5 Å². The number of aromatic nitrogens is 1. The Hall–Kier alpha value is -2.74. The van der Waals surface area contributed by atoms with Gasteiger partial charge in [-0.05, 0) is 63.8 Å². The summed E-state index contributed by atoms with van der Waals surface area (Å²) in [7, 11) is 3.93. The van der Waals surface area contributed by atoms with Gasteiger partial charge in [0.15, 0.2) is 4.80 Å². The molecular formula is C24H27ClN4O2S. The molecule has 0 saturated carbocycles. The molecule has 1 aromatic heterocycles. The Labute approximate surface area is 197 Å². The van der Waals surface area contributed by atoms with E-state index >= 15 is 0 Å². The van der Waals surface area contributed by atoms with Crippen LogP contribution in [-0.2, 0) is 6.54 Å². The Bertz CT molecular complexity index is 1200. The van der Waals surface area contributed by atoms with E-state index in [-0.39, 0.29) is 11.8 Å². The molecule has 8 heteroatoms. The van der Waals surface area contributed by atoms with Crippen LogP contribution in [-0.4, -0.2) is 48.5 Å². The van der Waals surface area contributed by atoms with Crippen molar-refractivity contribution in [2.24, 2.45) is 4.99 Å². The molecule has 0 aliphatic rings. The Morgan fingerprint density at radius 3 is 2.53 bits per heavy atom. The molecule has 0 aliphatic heterocycles. The molecular weight excluding hydrogens is 444 g/mol. The van der Waals surface area contributed by atoms with Crippen molar-refractivity contribution in [2.45, 2.75) is 20.4 Å². The molecule has 0 unspecified atom stereocenters. The zero-order chi connectivity index (χ0) is 23.3. The maximum absolute atomic E-state index is 12.7. The van der Waals surface area contributed by atoms with Crippen molar-refractivity contribution in [2.75, 3.05) is 27.2 Å². The second-order valence-electron chi connectivity index (χ2n) is 7.80. The van der Waals surface area contributed by atoms with E-state index in [1.54, 1.807) is 30.3 Å². The van der Waals surface area contributed by atoms with Crippen molar-refractivity contribution in [1.82, 2.24) is 14.8 Å².